The van der Waals surface area contributed by atoms with Crippen LogP contribution in [0.25, 0.3) is 10.9 Å². The van der Waals surface area contributed by atoms with E-state index in [-0.39, 0.29) is 18.8 Å². The highest BCUT2D eigenvalue weighted by molar-refractivity contribution is 5.94. The Hall–Kier alpha value is -3.44. The number of carbonyl (C=O) groups is 4. The first-order valence-electron chi connectivity index (χ1n) is 12.2. The van der Waals surface area contributed by atoms with E-state index in [2.05, 4.69) is 20.9 Å². The number of H-pyrrole nitrogens is 1. The van der Waals surface area contributed by atoms with E-state index in [4.69, 9.17) is 11.5 Å². The highest BCUT2D eigenvalue weighted by atomic mass is 16.4. The maximum Gasteiger partial charge on any atom is 0.326 e. The van der Waals surface area contributed by atoms with Gasteiger partial charge in [0.05, 0.1) is 6.04 Å². The molecule has 4 atom stereocenters. The van der Waals surface area contributed by atoms with Gasteiger partial charge >= 0.3 is 5.97 Å². The Morgan fingerprint density at radius 2 is 1.67 bits per heavy atom. The minimum Gasteiger partial charge on any atom is -0.480 e. The Bertz CT molecular complexity index is 1050. The molecule has 4 unspecified atom stereocenters. The molecular formula is C25H38N6O5. The molecule has 198 valence electrons. The van der Waals surface area contributed by atoms with Gasteiger partial charge < -0.3 is 37.5 Å². The van der Waals surface area contributed by atoms with Crippen molar-refractivity contribution in [2.75, 3.05) is 6.54 Å². The summed E-state index contributed by atoms with van der Waals surface area (Å²) in [6, 6.07) is 3.77. The van der Waals surface area contributed by atoms with Crippen LogP contribution in [0.15, 0.2) is 30.5 Å². The number of benzene rings is 1. The number of unbranched alkanes of at least 4 members (excludes halogenated alkanes) is 1. The maximum atomic E-state index is 12.8. The van der Waals surface area contributed by atoms with Crippen molar-refractivity contribution in [3.05, 3.63) is 36.0 Å². The lowest BCUT2D eigenvalue weighted by atomic mass is 10.0. The second kappa shape index (κ2) is 13.6. The predicted octanol–water partition coefficient (Wildman–Crippen LogP) is 0.382. The molecule has 1 heterocycles. The van der Waals surface area contributed by atoms with Gasteiger partial charge in [-0.3, -0.25) is 14.4 Å². The van der Waals surface area contributed by atoms with Gasteiger partial charge in [0.2, 0.25) is 17.7 Å². The average Bonchev–Trinajstić information content (AvgIpc) is 3.23. The van der Waals surface area contributed by atoms with Crippen LogP contribution in [0.5, 0.6) is 0 Å². The fraction of sp³-hybridized carbons (Fsp3) is 0.520. The van der Waals surface area contributed by atoms with Gasteiger partial charge in [0, 0.05) is 17.1 Å². The fourth-order valence-electron chi connectivity index (χ4n) is 3.84. The largest absolute Gasteiger partial charge is 0.480 e. The third-order valence-electron chi connectivity index (χ3n) is 6.01. The first kappa shape index (κ1) is 28.8. The third kappa shape index (κ3) is 8.06. The third-order valence-corrected chi connectivity index (χ3v) is 6.01. The molecule has 0 radical (unpaired) electrons. The summed E-state index contributed by atoms with van der Waals surface area (Å²) < 4.78 is 0. The molecule has 36 heavy (non-hydrogen) atoms. The molecule has 0 fully saturated rings. The van der Waals surface area contributed by atoms with Gasteiger partial charge in [0.1, 0.15) is 18.1 Å². The summed E-state index contributed by atoms with van der Waals surface area (Å²) in [5, 5.41) is 18.1. The summed E-state index contributed by atoms with van der Waals surface area (Å²) in [7, 11) is 0. The Balaban J connectivity index is 1.94. The number of hydrogen-bond acceptors (Lipinski definition) is 6. The summed E-state index contributed by atoms with van der Waals surface area (Å²) in [6.07, 6.45) is 3.51. The van der Waals surface area contributed by atoms with Crippen LogP contribution in [0.4, 0.5) is 0 Å². The highest BCUT2D eigenvalue weighted by Gasteiger charge is 2.30. The Labute approximate surface area is 210 Å². The summed E-state index contributed by atoms with van der Waals surface area (Å²) in [4.78, 5) is 52.8. The van der Waals surface area contributed by atoms with E-state index in [9.17, 15) is 24.3 Å². The first-order valence-corrected chi connectivity index (χ1v) is 12.2. The summed E-state index contributed by atoms with van der Waals surface area (Å²) >= 11 is 0. The number of nitrogens with two attached hydrogens (primary N) is 2. The number of aromatic nitrogens is 1. The standard InChI is InChI=1S/C25H38N6O5/c1-14(2)21(24(34)30-20(25(35)36)10-6-7-11-26)31-22(32)15(3)29-23(33)18(27)12-16-13-28-19-9-5-4-8-17(16)19/h4-5,8-9,13-15,18,20-21,28H,6-7,10-12,26-27H2,1-3H3,(H,29,33)(H,30,34)(H,31,32)(H,35,36). The van der Waals surface area contributed by atoms with Gasteiger partial charge in [-0.25, -0.2) is 4.79 Å². The van der Waals surface area contributed by atoms with E-state index in [0.717, 1.165) is 16.5 Å². The molecule has 11 nitrogen and oxygen atoms in total. The molecule has 2 aromatic rings. The number of carboxylic acids is 1. The number of carboxylic acid groups (broad SMARTS) is 1. The van der Waals surface area contributed by atoms with Crippen molar-refractivity contribution in [2.45, 2.75) is 70.6 Å². The Morgan fingerprint density at radius 3 is 2.31 bits per heavy atom. The molecule has 0 bridgehead atoms. The van der Waals surface area contributed by atoms with Crippen molar-refractivity contribution in [2.24, 2.45) is 17.4 Å². The van der Waals surface area contributed by atoms with Crippen molar-refractivity contribution >= 4 is 34.6 Å². The monoisotopic (exact) mass is 502 g/mol. The molecule has 0 saturated carbocycles. The number of carbonyl (C=O) groups excluding carboxylic acids is 3. The van der Waals surface area contributed by atoms with Gasteiger partial charge in [-0.15, -0.1) is 0 Å². The van der Waals surface area contributed by atoms with Crippen molar-refractivity contribution in [3.8, 4) is 0 Å². The smallest absolute Gasteiger partial charge is 0.326 e. The van der Waals surface area contributed by atoms with E-state index in [0.29, 0.717) is 19.4 Å². The number of amides is 3. The minimum atomic E-state index is -1.15. The highest BCUT2D eigenvalue weighted by Crippen LogP contribution is 2.18. The van der Waals surface area contributed by atoms with Crippen molar-refractivity contribution in [3.63, 3.8) is 0 Å². The molecule has 1 aromatic heterocycles. The van der Waals surface area contributed by atoms with Gasteiger partial charge in [-0.1, -0.05) is 32.0 Å². The number of nitrogens with one attached hydrogen (secondary N) is 4. The van der Waals surface area contributed by atoms with Crippen molar-refractivity contribution in [1.29, 1.82) is 0 Å². The minimum absolute atomic E-state index is 0.234. The van der Waals surface area contributed by atoms with Gasteiger partial charge in [0.25, 0.3) is 0 Å². The van der Waals surface area contributed by atoms with Crippen molar-refractivity contribution < 1.29 is 24.3 Å². The molecule has 0 aliphatic heterocycles. The van der Waals surface area contributed by atoms with Crippen LogP contribution in [-0.4, -0.2) is 64.5 Å². The van der Waals surface area contributed by atoms with E-state index in [1.54, 1.807) is 20.0 Å². The first-order chi connectivity index (χ1) is 17.0. The quantitative estimate of drug-likeness (QED) is 0.181. The Morgan fingerprint density at radius 1 is 0.972 bits per heavy atom. The SMILES string of the molecule is CC(NC(=O)C(N)Cc1c[nH]c2ccccc12)C(=O)NC(C(=O)NC(CCCCN)C(=O)O)C(C)C. The van der Waals surface area contributed by atoms with Crippen LogP contribution in [0, 0.1) is 5.92 Å². The zero-order chi connectivity index (χ0) is 26.8. The van der Waals surface area contributed by atoms with Crippen LogP contribution in [0.1, 0.15) is 45.6 Å². The lowest BCUT2D eigenvalue weighted by Crippen LogP contribution is -2.57. The topological polar surface area (TPSA) is 192 Å². The summed E-state index contributed by atoms with van der Waals surface area (Å²) in [5.74, 6) is -3.16. The van der Waals surface area contributed by atoms with Crippen LogP contribution in [0.3, 0.4) is 0 Å². The zero-order valence-electron chi connectivity index (χ0n) is 21.0. The van der Waals surface area contributed by atoms with E-state index >= 15 is 0 Å². The molecule has 3 amide bonds. The predicted molar refractivity (Wildman–Crippen MR) is 137 cm³/mol. The lowest BCUT2D eigenvalue weighted by Gasteiger charge is -2.26. The van der Waals surface area contributed by atoms with Gasteiger partial charge in [0.15, 0.2) is 0 Å². The summed E-state index contributed by atoms with van der Waals surface area (Å²) in [5.41, 5.74) is 13.4. The van der Waals surface area contributed by atoms with Gasteiger partial charge in [-0.2, -0.15) is 0 Å². The number of aromatic amines is 1. The zero-order valence-corrected chi connectivity index (χ0v) is 21.0. The van der Waals surface area contributed by atoms with Crippen molar-refractivity contribution in [1.82, 2.24) is 20.9 Å². The lowest BCUT2D eigenvalue weighted by molar-refractivity contribution is -0.142. The molecule has 0 aliphatic rings. The molecule has 11 heteroatoms. The van der Waals surface area contributed by atoms with E-state index < -0.39 is 47.9 Å². The Kier molecular flexibility index (Phi) is 10.9. The van der Waals surface area contributed by atoms with E-state index in [1.807, 2.05) is 24.3 Å². The molecule has 1 aromatic carbocycles. The summed E-state index contributed by atoms with van der Waals surface area (Å²) in [6.45, 7) is 5.39. The number of hydrogen-bond donors (Lipinski definition) is 7. The normalized spacial score (nSPS) is 14.6. The molecule has 0 aliphatic carbocycles. The number of aliphatic carboxylic acids is 1. The maximum absolute atomic E-state index is 12.8. The van der Waals surface area contributed by atoms with Crippen LogP contribution in [-0.2, 0) is 25.6 Å². The molecule has 2 rings (SSSR count). The molecule has 9 N–H and O–H groups in total. The number of para-hydroxylation sites is 1. The molecule has 0 spiro atoms. The fourth-order valence-corrected chi connectivity index (χ4v) is 3.84. The second-order valence-corrected chi connectivity index (χ2v) is 9.31. The van der Waals surface area contributed by atoms with Crippen LogP contribution < -0.4 is 27.4 Å². The number of fused-ring (bicyclic) bond motifs is 1. The van der Waals surface area contributed by atoms with Crippen LogP contribution in [0.2, 0.25) is 0 Å². The molecule has 0 saturated heterocycles. The second-order valence-electron chi connectivity index (χ2n) is 9.31. The van der Waals surface area contributed by atoms with E-state index in [1.165, 1.54) is 6.92 Å². The average molecular weight is 503 g/mol. The van der Waals surface area contributed by atoms with Crippen LogP contribution >= 0.6 is 0 Å². The van der Waals surface area contributed by atoms with Gasteiger partial charge in [-0.05, 0) is 56.7 Å². The molecular weight excluding hydrogens is 464 g/mol. The number of rotatable bonds is 14.